The predicted octanol–water partition coefficient (Wildman–Crippen LogP) is 4.49. The average molecular weight is 596 g/mol. The number of aliphatic hydroxyl groups excluding tert-OH is 1. The van der Waals surface area contributed by atoms with Crippen LogP contribution in [0.15, 0.2) is 49.6 Å². The maximum absolute atomic E-state index is 14.7. The van der Waals surface area contributed by atoms with Crippen LogP contribution in [0, 0.1) is 11.8 Å². The molecule has 0 radical (unpaired) electrons. The van der Waals surface area contributed by atoms with Gasteiger partial charge in [0.2, 0.25) is 5.91 Å². The maximum Gasteiger partial charge on any atom is 0.312 e. The monoisotopic (exact) mass is 595 g/mol. The minimum absolute atomic E-state index is 0.124. The molecule has 2 amide bonds. The summed E-state index contributed by atoms with van der Waals surface area (Å²) in [5, 5.41) is 9.67. The summed E-state index contributed by atoms with van der Waals surface area (Å²) in [6, 6.07) is 6.91. The van der Waals surface area contributed by atoms with Crippen molar-refractivity contribution in [3.8, 4) is 0 Å². The van der Waals surface area contributed by atoms with Gasteiger partial charge < -0.3 is 29.3 Å². The van der Waals surface area contributed by atoms with E-state index in [1.165, 1.54) is 0 Å². The summed E-state index contributed by atoms with van der Waals surface area (Å²) in [5.41, 5.74) is -0.238. The van der Waals surface area contributed by atoms with Gasteiger partial charge in [-0.2, -0.15) is 0 Å². The molecule has 2 bridgehead atoms. The molecule has 9 nitrogen and oxygen atoms in total. The van der Waals surface area contributed by atoms with Crippen LogP contribution in [-0.4, -0.2) is 84.4 Å². The third-order valence-corrected chi connectivity index (χ3v) is 9.64. The molecule has 1 spiro atoms. The van der Waals surface area contributed by atoms with Crippen LogP contribution in [0.5, 0.6) is 0 Å². The molecule has 3 aliphatic heterocycles. The topological polar surface area (TPSA) is 99.6 Å². The molecular formula is C34H49N3O6. The van der Waals surface area contributed by atoms with Crippen molar-refractivity contribution in [2.45, 2.75) is 83.0 Å². The Labute approximate surface area is 256 Å². The Balaban J connectivity index is 1.69. The molecule has 9 heteroatoms. The molecule has 43 heavy (non-hydrogen) atoms. The molecule has 3 aliphatic rings. The van der Waals surface area contributed by atoms with E-state index >= 15 is 0 Å². The van der Waals surface area contributed by atoms with E-state index in [4.69, 9.17) is 9.47 Å². The fourth-order valence-corrected chi connectivity index (χ4v) is 7.52. The lowest BCUT2D eigenvalue weighted by molar-refractivity contribution is -0.161. The number of nitrogens with zero attached hydrogens (tertiary/aromatic N) is 3. The quantitative estimate of drug-likeness (QED) is 0.161. The molecule has 3 heterocycles. The second-order valence-electron chi connectivity index (χ2n) is 11.8. The first-order chi connectivity index (χ1) is 20.8. The molecule has 0 aliphatic carbocycles. The summed E-state index contributed by atoms with van der Waals surface area (Å²) in [6.45, 7) is 16.1. The van der Waals surface area contributed by atoms with E-state index in [1.807, 2.05) is 37.3 Å². The molecule has 3 fully saturated rings. The maximum atomic E-state index is 14.7. The van der Waals surface area contributed by atoms with Crippen LogP contribution in [0.4, 0.5) is 11.4 Å². The first-order valence-corrected chi connectivity index (χ1v) is 15.9. The van der Waals surface area contributed by atoms with Gasteiger partial charge in [0.15, 0.2) is 0 Å². The van der Waals surface area contributed by atoms with Crippen molar-refractivity contribution < 1.29 is 29.0 Å². The van der Waals surface area contributed by atoms with Crippen LogP contribution in [0.2, 0.25) is 0 Å². The number of amides is 2. The van der Waals surface area contributed by atoms with Crippen LogP contribution in [0.3, 0.4) is 0 Å². The number of fused-ring (bicyclic) bond motifs is 1. The number of carbonyl (C=O) groups excluding carboxylic acids is 3. The molecule has 3 saturated heterocycles. The molecule has 5 atom stereocenters. The van der Waals surface area contributed by atoms with Crippen LogP contribution >= 0.6 is 0 Å². The van der Waals surface area contributed by atoms with Crippen LogP contribution in [0.25, 0.3) is 0 Å². The van der Waals surface area contributed by atoms with Gasteiger partial charge >= 0.3 is 5.97 Å². The van der Waals surface area contributed by atoms with Crippen molar-refractivity contribution in [1.29, 1.82) is 0 Å². The number of esters is 1. The van der Waals surface area contributed by atoms with Gasteiger partial charge in [0.05, 0.1) is 18.1 Å². The lowest BCUT2D eigenvalue weighted by atomic mass is 9.65. The second kappa shape index (κ2) is 14.1. The predicted molar refractivity (Wildman–Crippen MR) is 168 cm³/mol. The summed E-state index contributed by atoms with van der Waals surface area (Å²) < 4.78 is 12.6. The summed E-state index contributed by atoms with van der Waals surface area (Å²) in [5.74, 6) is -2.56. The highest BCUT2D eigenvalue weighted by Crippen LogP contribution is 2.64. The number of likely N-dealkylation sites (tertiary alicyclic amines) is 1. The fraction of sp³-hybridized carbons (Fsp3) is 0.618. The largest absolute Gasteiger partial charge is 0.465 e. The third kappa shape index (κ3) is 5.86. The summed E-state index contributed by atoms with van der Waals surface area (Å²) in [6.07, 6.45) is 7.85. The minimum Gasteiger partial charge on any atom is -0.465 e. The Hall–Kier alpha value is -3.17. The zero-order valence-electron chi connectivity index (χ0n) is 26.1. The first kappa shape index (κ1) is 32.7. The number of rotatable bonds is 17. The molecule has 1 N–H and O–H groups in total. The van der Waals surface area contributed by atoms with Gasteiger partial charge in [0.1, 0.15) is 17.6 Å². The Bertz CT molecular complexity index is 1170. The van der Waals surface area contributed by atoms with E-state index < -0.39 is 35.0 Å². The van der Waals surface area contributed by atoms with Gasteiger partial charge in [-0.15, -0.1) is 13.2 Å². The summed E-state index contributed by atoms with van der Waals surface area (Å²) in [4.78, 5) is 48.0. The zero-order valence-corrected chi connectivity index (χ0v) is 26.1. The highest BCUT2D eigenvalue weighted by molar-refractivity contribution is 6.05. The summed E-state index contributed by atoms with van der Waals surface area (Å²) >= 11 is 0. The fourth-order valence-electron chi connectivity index (χ4n) is 7.52. The molecular weight excluding hydrogens is 546 g/mol. The Morgan fingerprint density at radius 1 is 1.07 bits per heavy atom. The van der Waals surface area contributed by atoms with Gasteiger partial charge in [0.25, 0.3) is 5.91 Å². The van der Waals surface area contributed by atoms with Gasteiger partial charge in [-0.3, -0.25) is 14.4 Å². The number of aliphatic hydroxyl groups is 1. The van der Waals surface area contributed by atoms with Gasteiger partial charge in [-0.25, -0.2) is 0 Å². The molecule has 236 valence electrons. The van der Waals surface area contributed by atoms with Gasteiger partial charge in [-0.1, -0.05) is 19.1 Å². The number of allylic oxidation sites excluding steroid dienone is 1. The van der Waals surface area contributed by atoms with Crippen LogP contribution in [0.1, 0.15) is 65.7 Å². The van der Waals surface area contributed by atoms with E-state index in [-0.39, 0.29) is 38.1 Å². The van der Waals surface area contributed by atoms with Crippen LogP contribution < -0.4 is 9.80 Å². The number of hydrogen-bond donors (Lipinski definition) is 1. The standard InChI is InChI=1S/C34H49N3O6/c1-6-11-12-13-24-42-32(41)28-27-30(39)37(22-14-23-38)29(34(27)20-19-33(28,8-3)43-34)31(40)36(21-7-2)26-17-15-25(16-18-26)35(9-4)10-5/h6-7,15-18,27-29,38H,1-2,8-14,19-24H2,3-5H3/t27-,28+,29?,33-,34?/m0/s1. The molecule has 2 unspecified atom stereocenters. The molecule has 0 saturated carbocycles. The average Bonchev–Trinajstić information content (AvgIpc) is 3.62. The van der Waals surface area contributed by atoms with Crippen molar-refractivity contribution in [2.24, 2.45) is 11.8 Å². The van der Waals surface area contributed by atoms with Crippen molar-refractivity contribution in [3.63, 3.8) is 0 Å². The Morgan fingerprint density at radius 2 is 1.77 bits per heavy atom. The number of benzene rings is 1. The van der Waals surface area contributed by atoms with Crippen molar-refractivity contribution >= 4 is 29.2 Å². The Morgan fingerprint density at radius 3 is 2.37 bits per heavy atom. The number of hydrogen-bond acceptors (Lipinski definition) is 7. The van der Waals surface area contributed by atoms with Crippen LogP contribution in [-0.2, 0) is 23.9 Å². The lowest BCUT2D eigenvalue weighted by Crippen LogP contribution is -2.56. The van der Waals surface area contributed by atoms with E-state index in [0.717, 1.165) is 31.6 Å². The highest BCUT2D eigenvalue weighted by atomic mass is 16.6. The van der Waals surface area contributed by atoms with Gasteiger partial charge in [-0.05, 0) is 83.1 Å². The number of unbranched alkanes of at least 4 members (excludes halogenated alkanes) is 2. The van der Waals surface area contributed by atoms with Crippen molar-refractivity contribution in [1.82, 2.24) is 4.90 Å². The number of anilines is 2. The lowest BCUT2D eigenvalue weighted by Gasteiger charge is -2.37. The molecule has 0 aromatic heterocycles. The molecule has 1 aromatic carbocycles. The number of carbonyl (C=O) groups is 3. The minimum atomic E-state index is -1.15. The summed E-state index contributed by atoms with van der Waals surface area (Å²) in [7, 11) is 0. The van der Waals surface area contributed by atoms with E-state index in [2.05, 4.69) is 31.9 Å². The SMILES string of the molecule is C=CCCCCOC(=O)[C@H]1[C@H]2C(=O)N(CCCO)C(C(=O)N(CC=C)c3ccc(N(CC)CC)cc3)C23CC[C@]1(CC)O3. The van der Waals surface area contributed by atoms with E-state index in [0.29, 0.717) is 37.8 Å². The second-order valence-corrected chi connectivity index (χ2v) is 11.8. The molecule has 1 aromatic rings. The van der Waals surface area contributed by atoms with E-state index in [9.17, 15) is 19.5 Å². The number of ether oxygens (including phenoxy) is 2. The molecule has 4 rings (SSSR count). The van der Waals surface area contributed by atoms with Crippen molar-refractivity contribution in [2.75, 3.05) is 49.2 Å². The smallest absolute Gasteiger partial charge is 0.312 e. The van der Waals surface area contributed by atoms with E-state index in [1.54, 1.807) is 15.9 Å². The zero-order chi connectivity index (χ0) is 31.2. The normalized spacial score (nSPS) is 27.2. The Kier molecular flexibility index (Phi) is 10.7. The first-order valence-electron chi connectivity index (χ1n) is 15.9. The third-order valence-electron chi connectivity index (χ3n) is 9.64. The van der Waals surface area contributed by atoms with Gasteiger partial charge in [0, 0.05) is 44.2 Å². The van der Waals surface area contributed by atoms with Crippen molar-refractivity contribution in [3.05, 3.63) is 49.6 Å². The highest BCUT2D eigenvalue weighted by Gasteiger charge is 2.79.